The molecule has 1 aliphatic rings. The molecule has 6 nitrogen and oxygen atoms in total. The predicted octanol–water partition coefficient (Wildman–Crippen LogP) is -0.227. The second-order valence-electron chi connectivity index (χ2n) is 5.25. The Hall–Kier alpha value is -0.790. The highest BCUT2D eigenvalue weighted by molar-refractivity contribution is 7.99. The zero-order valence-electron chi connectivity index (χ0n) is 12.5. The van der Waals surface area contributed by atoms with Crippen LogP contribution in [0.1, 0.15) is 13.3 Å². The molecule has 0 aromatic carbocycles. The van der Waals surface area contributed by atoms with Crippen LogP contribution in [0.4, 0.5) is 0 Å². The van der Waals surface area contributed by atoms with Gasteiger partial charge in [-0.05, 0) is 13.3 Å². The molecule has 0 spiro atoms. The molecule has 1 saturated heterocycles. The Kier molecular flexibility index (Phi) is 7.32. The molecule has 2 N–H and O–H groups in total. The van der Waals surface area contributed by atoms with Crippen molar-refractivity contribution in [3.8, 4) is 0 Å². The third kappa shape index (κ3) is 6.11. The molecule has 0 aromatic rings. The van der Waals surface area contributed by atoms with Crippen molar-refractivity contribution in [2.45, 2.75) is 24.7 Å². The van der Waals surface area contributed by atoms with Crippen LogP contribution in [-0.4, -0.2) is 79.1 Å². The summed E-state index contributed by atoms with van der Waals surface area (Å²) in [5.74, 6) is -0.178. The number of rotatable bonds is 7. The van der Waals surface area contributed by atoms with E-state index in [1.807, 2.05) is 23.1 Å². The third-order valence-corrected chi connectivity index (χ3v) is 4.27. The van der Waals surface area contributed by atoms with E-state index in [2.05, 4.69) is 6.92 Å². The molecule has 7 heteroatoms. The van der Waals surface area contributed by atoms with E-state index in [-0.39, 0.29) is 24.5 Å². The van der Waals surface area contributed by atoms with Gasteiger partial charge >= 0.3 is 0 Å². The van der Waals surface area contributed by atoms with E-state index >= 15 is 0 Å². The molecule has 116 valence electrons. The quantitative estimate of drug-likeness (QED) is 0.703. The molecule has 0 radical (unpaired) electrons. The van der Waals surface area contributed by atoms with Gasteiger partial charge in [-0.15, -0.1) is 0 Å². The lowest BCUT2D eigenvalue weighted by Gasteiger charge is -2.35. The van der Waals surface area contributed by atoms with Crippen molar-refractivity contribution < 1.29 is 14.3 Å². The highest BCUT2D eigenvalue weighted by Gasteiger charge is 2.25. The molecule has 1 rings (SSSR count). The SMILES string of the molecule is CS[C@H](C)CC(=O)N1CCO[C@@H](CN(C)CC(N)=O)C1. The number of carbonyl (C=O) groups is 2. The summed E-state index contributed by atoms with van der Waals surface area (Å²) in [6.07, 6.45) is 2.52. The van der Waals surface area contributed by atoms with Gasteiger partial charge in [0.1, 0.15) is 0 Å². The number of morpholine rings is 1. The van der Waals surface area contributed by atoms with Crippen molar-refractivity contribution in [2.75, 3.05) is 46.1 Å². The first-order valence-electron chi connectivity index (χ1n) is 6.81. The van der Waals surface area contributed by atoms with E-state index in [0.29, 0.717) is 37.9 Å². The van der Waals surface area contributed by atoms with Crippen molar-refractivity contribution in [2.24, 2.45) is 5.73 Å². The first-order valence-corrected chi connectivity index (χ1v) is 8.10. The van der Waals surface area contributed by atoms with Gasteiger partial charge in [0, 0.05) is 31.3 Å². The Morgan fingerprint density at radius 1 is 1.55 bits per heavy atom. The largest absolute Gasteiger partial charge is 0.373 e. The second-order valence-corrected chi connectivity index (χ2v) is 6.52. The summed E-state index contributed by atoms with van der Waals surface area (Å²) < 4.78 is 5.65. The number of amides is 2. The summed E-state index contributed by atoms with van der Waals surface area (Å²) in [7, 11) is 1.82. The van der Waals surface area contributed by atoms with Crippen LogP contribution < -0.4 is 5.73 Å². The summed E-state index contributed by atoms with van der Waals surface area (Å²) in [6.45, 7) is 4.65. The van der Waals surface area contributed by atoms with Crippen LogP contribution in [0.25, 0.3) is 0 Å². The molecule has 0 unspecified atom stereocenters. The van der Waals surface area contributed by atoms with Gasteiger partial charge < -0.3 is 15.4 Å². The Morgan fingerprint density at radius 3 is 2.85 bits per heavy atom. The van der Waals surface area contributed by atoms with Gasteiger partial charge in [-0.1, -0.05) is 6.92 Å². The Bertz CT molecular complexity index is 341. The molecule has 0 aliphatic carbocycles. The Morgan fingerprint density at radius 2 is 2.25 bits per heavy atom. The molecule has 20 heavy (non-hydrogen) atoms. The maximum atomic E-state index is 12.1. The van der Waals surface area contributed by atoms with Crippen LogP contribution in [0, 0.1) is 0 Å². The fourth-order valence-corrected chi connectivity index (χ4v) is 2.50. The second kappa shape index (κ2) is 8.49. The average molecular weight is 303 g/mol. The zero-order chi connectivity index (χ0) is 15.1. The number of thioether (sulfide) groups is 1. The van der Waals surface area contributed by atoms with Gasteiger partial charge in [-0.3, -0.25) is 14.5 Å². The van der Waals surface area contributed by atoms with Crippen LogP contribution in [0.15, 0.2) is 0 Å². The van der Waals surface area contributed by atoms with Crippen LogP contribution in [0.3, 0.4) is 0 Å². The fraction of sp³-hybridized carbons (Fsp3) is 0.846. The maximum Gasteiger partial charge on any atom is 0.231 e. The van der Waals surface area contributed by atoms with E-state index in [1.165, 1.54) is 0 Å². The normalized spacial score (nSPS) is 21.0. The fourth-order valence-electron chi connectivity index (χ4n) is 2.19. The first kappa shape index (κ1) is 17.3. The lowest BCUT2D eigenvalue weighted by molar-refractivity contribution is -0.139. The van der Waals surface area contributed by atoms with E-state index in [9.17, 15) is 9.59 Å². The van der Waals surface area contributed by atoms with Crippen molar-refractivity contribution in [3.63, 3.8) is 0 Å². The smallest absolute Gasteiger partial charge is 0.231 e. The molecule has 1 fully saturated rings. The van der Waals surface area contributed by atoms with E-state index in [1.54, 1.807) is 11.8 Å². The van der Waals surface area contributed by atoms with Crippen LogP contribution in [0.2, 0.25) is 0 Å². The van der Waals surface area contributed by atoms with Crippen LogP contribution >= 0.6 is 11.8 Å². The highest BCUT2D eigenvalue weighted by atomic mass is 32.2. The van der Waals surface area contributed by atoms with Crippen molar-refractivity contribution in [1.29, 1.82) is 0 Å². The lowest BCUT2D eigenvalue weighted by Crippen LogP contribution is -2.50. The predicted molar refractivity (Wildman–Crippen MR) is 80.6 cm³/mol. The maximum absolute atomic E-state index is 12.1. The van der Waals surface area contributed by atoms with Gasteiger partial charge in [-0.25, -0.2) is 0 Å². The van der Waals surface area contributed by atoms with Crippen molar-refractivity contribution >= 4 is 23.6 Å². The minimum Gasteiger partial charge on any atom is -0.373 e. The van der Waals surface area contributed by atoms with Gasteiger partial charge in [0.2, 0.25) is 11.8 Å². The zero-order valence-corrected chi connectivity index (χ0v) is 13.3. The van der Waals surface area contributed by atoms with E-state index in [4.69, 9.17) is 10.5 Å². The number of nitrogens with zero attached hydrogens (tertiary/aromatic N) is 2. The molecule has 1 heterocycles. The Labute approximate surface area is 125 Å². The number of nitrogens with two attached hydrogens (primary N) is 1. The highest BCUT2D eigenvalue weighted by Crippen LogP contribution is 2.14. The van der Waals surface area contributed by atoms with E-state index < -0.39 is 0 Å². The monoisotopic (exact) mass is 303 g/mol. The van der Waals surface area contributed by atoms with E-state index in [0.717, 1.165) is 0 Å². The summed E-state index contributed by atoms with van der Waals surface area (Å²) in [5.41, 5.74) is 5.16. The number of hydrogen-bond donors (Lipinski definition) is 1. The molecular formula is C13H25N3O3S. The number of ether oxygens (including phenoxy) is 1. The minimum absolute atomic E-state index is 0.0540. The third-order valence-electron chi connectivity index (χ3n) is 3.30. The molecule has 0 aromatic heterocycles. The van der Waals surface area contributed by atoms with Gasteiger partial charge in [0.05, 0.1) is 19.3 Å². The van der Waals surface area contributed by atoms with Crippen LogP contribution in [0.5, 0.6) is 0 Å². The van der Waals surface area contributed by atoms with Gasteiger partial charge in [-0.2, -0.15) is 11.8 Å². The molecule has 0 bridgehead atoms. The summed E-state index contributed by atoms with van der Waals surface area (Å²) in [4.78, 5) is 26.7. The summed E-state index contributed by atoms with van der Waals surface area (Å²) >= 11 is 1.70. The Balaban J connectivity index is 2.41. The number of primary amides is 1. The first-order chi connectivity index (χ1) is 9.42. The molecule has 1 aliphatic heterocycles. The van der Waals surface area contributed by atoms with Crippen molar-refractivity contribution in [1.82, 2.24) is 9.80 Å². The number of hydrogen-bond acceptors (Lipinski definition) is 5. The average Bonchev–Trinajstić information content (AvgIpc) is 2.37. The number of likely N-dealkylation sites (N-methyl/N-ethyl adjacent to an activating group) is 1. The molecular weight excluding hydrogens is 278 g/mol. The van der Waals surface area contributed by atoms with Gasteiger partial charge in [0.15, 0.2) is 0 Å². The molecule has 2 amide bonds. The molecule has 2 atom stereocenters. The van der Waals surface area contributed by atoms with Crippen molar-refractivity contribution in [3.05, 3.63) is 0 Å². The van der Waals surface area contributed by atoms with Crippen LogP contribution in [-0.2, 0) is 14.3 Å². The standard InChI is InChI=1S/C13H25N3O3S/c1-10(20-3)6-13(18)16-4-5-19-11(8-16)7-15(2)9-12(14)17/h10-11H,4-9H2,1-3H3,(H2,14,17)/t10-,11+/m1/s1. The lowest BCUT2D eigenvalue weighted by atomic mass is 10.2. The summed E-state index contributed by atoms with van der Waals surface area (Å²) in [6, 6.07) is 0. The minimum atomic E-state index is -0.356. The number of carbonyl (C=O) groups excluding carboxylic acids is 2. The summed E-state index contributed by atoms with van der Waals surface area (Å²) in [5, 5.41) is 0.335. The molecule has 0 saturated carbocycles. The topological polar surface area (TPSA) is 75.9 Å². The van der Waals surface area contributed by atoms with Gasteiger partial charge in [0.25, 0.3) is 0 Å².